The van der Waals surface area contributed by atoms with E-state index in [0.717, 1.165) is 12.8 Å². The third-order valence-electron chi connectivity index (χ3n) is 4.62. The largest absolute Gasteiger partial charge is 0.383 e. The Labute approximate surface area is 145 Å². The predicted molar refractivity (Wildman–Crippen MR) is 90.6 cm³/mol. The molecule has 5 nitrogen and oxygen atoms in total. The molecule has 0 bridgehead atoms. The fourth-order valence-corrected chi connectivity index (χ4v) is 3.52. The quantitative estimate of drug-likeness (QED) is 0.785. The number of benzene rings is 1. The molecule has 2 atom stereocenters. The summed E-state index contributed by atoms with van der Waals surface area (Å²) in [6.07, 6.45) is 3.46. The average molecular weight is 352 g/mol. The Morgan fingerprint density at radius 2 is 2.22 bits per heavy atom. The number of carbonyl (C=O) groups excluding carboxylic acids is 1. The highest BCUT2D eigenvalue weighted by molar-refractivity contribution is 7.97. The van der Waals surface area contributed by atoms with Crippen molar-refractivity contribution < 1.29 is 9.90 Å². The Hall–Kier alpha value is -1.37. The molecule has 2 aromatic rings. The second-order valence-electron chi connectivity index (χ2n) is 6.08. The van der Waals surface area contributed by atoms with Crippen molar-refractivity contribution in [3.05, 3.63) is 47.0 Å². The molecule has 0 aliphatic heterocycles. The van der Waals surface area contributed by atoms with Crippen LogP contribution in [0.1, 0.15) is 35.9 Å². The van der Waals surface area contributed by atoms with E-state index in [1.165, 1.54) is 11.0 Å². The molecule has 0 saturated heterocycles. The molecule has 1 aromatic heterocycles. The van der Waals surface area contributed by atoms with Crippen LogP contribution in [0.5, 0.6) is 0 Å². The second-order valence-corrected chi connectivity index (χ2v) is 6.89. The van der Waals surface area contributed by atoms with Crippen LogP contribution in [0.2, 0.25) is 5.02 Å². The predicted octanol–water partition coefficient (Wildman–Crippen LogP) is 2.94. The van der Waals surface area contributed by atoms with E-state index in [2.05, 4.69) is 22.7 Å². The van der Waals surface area contributed by atoms with Crippen LogP contribution in [-0.2, 0) is 12.1 Å². The normalized spacial score (nSPS) is 18.4. The molecule has 3 rings (SSSR count). The molecule has 0 spiro atoms. The summed E-state index contributed by atoms with van der Waals surface area (Å²) in [5.41, 5.74) is -0.584. The van der Waals surface area contributed by atoms with Gasteiger partial charge in [0.25, 0.3) is 5.12 Å². The number of halogens is 1. The summed E-state index contributed by atoms with van der Waals surface area (Å²) in [5, 5.41) is 15.6. The van der Waals surface area contributed by atoms with E-state index in [0.29, 0.717) is 16.5 Å². The van der Waals surface area contributed by atoms with Gasteiger partial charge in [-0.2, -0.15) is 5.10 Å². The van der Waals surface area contributed by atoms with E-state index in [-0.39, 0.29) is 18.3 Å². The average Bonchev–Trinajstić information content (AvgIpc) is 3.26. The third kappa shape index (κ3) is 3.16. The van der Waals surface area contributed by atoms with Crippen LogP contribution in [0.4, 0.5) is 0 Å². The van der Waals surface area contributed by atoms with Gasteiger partial charge in [0.2, 0.25) is 5.82 Å². The summed E-state index contributed by atoms with van der Waals surface area (Å²) in [6, 6.07) is 7.25. The van der Waals surface area contributed by atoms with E-state index in [1.807, 2.05) is 25.1 Å². The lowest BCUT2D eigenvalue weighted by Crippen LogP contribution is -2.40. The fourth-order valence-electron chi connectivity index (χ4n) is 3.05. The minimum absolute atomic E-state index is 0.0190. The molecule has 7 heteroatoms. The second kappa shape index (κ2) is 6.26. The maximum atomic E-state index is 11.6. The number of hydrogen-bond acceptors (Lipinski definition) is 4. The Balaban J connectivity index is 2.03. The smallest absolute Gasteiger partial charge is 0.253 e. The van der Waals surface area contributed by atoms with Gasteiger partial charge in [0.15, 0.2) is 0 Å². The first-order chi connectivity index (χ1) is 10.9. The van der Waals surface area contributed by atoms with Crippen molar-refractivity contribution in [2.75, 3.05) is 0 Å². The summed E-state index contributed by atoms with van der Waals surface area (Å²) >= 11 is 10.1. The zero-order valence-electron chi connectivity index (χ0n) is 12.7. The molecule has 1 fully saturated rings. The Bertz CT molecular complexity index is 732. The van der Waals surface area contributed by atoms with Crippen LogP contribution in [0, 0.1) is 11.8 Å². The number of aromatic nitrogens is 3. The van der Waals surface area contributed by atoms with Crippen molar-refractivity contribution in [2.24, 2.45) is 11.8 Å². The van der Waals surface area contributed by atoms with Gasteiger partial charge in [-0.1, -0.05) is 49.4 Å². The van der Waals surface area contributed by atoms with Crippen molar-refractivity contribution in [3.8, 4) is 0 Å². The number of nitrogens with zero attached hydrogens (tertiary/aromatic N) is 3. The summed E-state index contributed by atoms with van der Waals surface area (Å²) in [7, 11) is 0. The molecule has 0 radical (unpaired) electrons. The van der Waals surface area contributed by atoms with Crippen molar-refractivity contribution in [2.45, 2.75) is 31.9 Å². The van der Waals surface area contributed by atoms with E-state index in [1.54, 1.807) is 6.07 Å². The van der Waals surface area contributed by atoms with Crippen LogP contribution in [-0.4, -0.2) is 25.0 Å². The maximum Gasteiger partial charge on any atom is 0.253 e. The minimum Gasteiger partial charge on any atom is -0.383 e. The van der Waals surface area contributed by atoms with Crippen molar-refractivity contribution >= 4 is 29.3 Å². The zero-order valence-corrected chi connectivity index (χ0v) is 14.3. The molecule has 0 amide bonds. The highest BCUT2D eigenvalue weighted by Gasteiger charge is 2.45. The monoisotopic (exact) mass is 351 g/mol. The van der Waals surface area contributed by atoms with Crippen LogP contribution < -0.4 is 0 Å². The Morgan fingerprint density at radius 3 is 2.83 bits per heavy atom. The summed E-state index contributed by atoms with van der Waals surface area (Å²) < 4.78 is 1.40. The highest BCUT2D eigenvalue weighted by Crippen LogP contribution is 2.47. The highest BCUT2D eigenvalue weighted by atomic mass is 35.5. The summed E-state index contributed by atoms with van der Waals surface area (Å²) in [4.78, 5) is 15.5. The molecule has 1 saturated carbocycles. The van der Waals surface area contributed by atoms with E-state index in [9.17, 15) is 9.90 Å². The van der Waals surface area contributed by atoms with Gasteiger partial charge in [-0.25, -0.2) is 9.67 Å². The number of thiol groups is 1. The van der Waals surface area contributed by atoms with Crippen molar-refractivity contribution in [3.63, 3.8) is 0 Å². The minimum atomic E-state index is -1.23. The number of aliphatic hydroxyl groups is 1. The van der Waals surface area contributed by atoms with Crippen molar-refractivity contribution in [1.82, 2.24) is 14.8 Å². The lowest BCUT2D eigenvalue weighted by Gasteiger charge is -2.35. The molecule has 1 heterocycles. The SMILES string of the molecule is CC(C1CC1)C(O)(Cn1ncnc1C(=O)S)c1ccccc1Cl. The van der Waals surface area contributed by atoms with Crippen LogP contribution in [0.25, 0.3) is 0 Å². The van der Waals surface area contributed by atoms with Gasteiger partial charge in [-0.3, -0.25) is 4.79 Å². The first-order valence-electron chi connectivity index (χ1n) is 7.52. The van der Waals surface area contributed by atoms with Gasteiger partial charge in [-0.15, -0.1) is 0 Å². The molecule has 1 aromatic carbocycles. The van der Waals surface area contributed by atoms with Crippen molar-refractivity contribution in [1.29, 1.82) is 0 Å². The van der Waals surface area contributed by atoms with Gasteiger partial charge >= 0.3 is 0 Å². The lowest BCUT2D eigenvalue weighted by molar-refractivity contribution is -0.0444. The standard InChI is InChI=1S/C16H18ClN3O2S/c1-10(11-6-7-11)16(22,12-4-2-3-5-13(12)17)8-20-14(15(21)23)18-9-19-20/h2-5,9-11,22H,6-8H2,1H3,(H,21,23). The maximum absolute atomic E-state index is 11.6. The van der Waals surface area contributed by atoms with Gasteiger partial charge in [0.1, 0.15) is 11.9 Å². The zero-order chi connectivity index (χ0) is 16.6. The molecular formula is C16H18ClN3O2S. The van der Waals surface area contributed by atoms with Gasteiger partial charge in [0, 0.05) is 10.6 Å². The fraction of sp³-hybridized carbons (Fsp3) is 0.438. The van der Waals surface area contributed by atoms with Crippen LogP contribution >= 0.6 is 24.2 Å². The molecule has 23 heavy (non-hydrogen) atoms. The van der Waals surface area contributed by atoms with E-state index in [4.69, 9.17) is 11.6 Å². The first kappa shape index (κ1) is 16.5. The summed E-state index contributed by atoms with van der Waals surface area (Å²) in [6.45, 7) is 2.12. The first-order valence-corrected chi connectivity index (χ1v) is 8.34. The summed E-state index contributed by atoms with van der Waals surface area (Å²) in [5.74, 6) is 0.534. The molecule has 1 N–H and O–H groups in total. The van der Waals surface area contributed by atoms with E-state index >= 15 is 0 Å². The number of rotatable bonds is 6. The van der Waals surface area contributed by atoms with Crippen LogP contribution in [0.15, 0.2) is 30.6 Å². The van der Waals surface area contributed by atoms with Gasteiger partial charge in [0.05, 0.1) is 6.54 Å². The van der Waals surface area contributed by atoms with E-state index < -0.39 is 10.7 Å². The topological polar surface area (TPSA) is 68.0 Å². The molecular weight excluding hydrogens is 334 g/mol. The Morgan fingerprint density at radius 1 is 1.52 bits per heavy atom. The number of hydrogen-bond donors (Lipinski definition) is 2. The van der Waals surface area contributed by atoms with Crippen LogP contribution in [0.3, 0.4) is 0 Å². The van der Waals surface area contributed by atoms with Gasteiger partial charge in [-0.05, 0) is 30.7 Å². The molecule has 122 valence electrons. The lowest BCUT2D eigenvalue weighted by atomic mass is 9.79. The molecule has 2 unspecified atom stereocenters. The Kier molecular flexibility index (Phi) is 4.49. The van der Waals surface area contributed by atoms with Gasteiger partial charge < -0.3 is 5.11 Å². The number of carbonyl (C=O) groups is 1. The molecule has 1 aliphatic carbocycles. The molecule has 1 aliphatic rings. The third-order valence-corrected chi connectivity index (χ3v) is 5.15.